The molecule has 1 saturated carbocycles. The van der Waals surface area contributed by atoms with E-state index in [1.54, 1.807) is 0 Å². The van der Waals surface area contributed by atoms with Crippen molar-refractivity contribution in [3.63, 3.8) is 0 Å². The summed E-state index contributed by atoms with van der Waals surface area (Å²) in [6.45, 7) is 9.94. The van der Waals surface area contributed by atoms with E-state index in [2.05, 4.69) is 27.7 Å². The molecule has 0 aromatic heterocycles. The molecular formula is C14H29BO3. The normalized spacial score (nSPS) is 17.7. The molecule has 1 aliphatic carbocycles. The van der Waals surface area contributed by atoms with Crippen molar-refractivity contribution in [1.29, 1.82) is 0 Å². The van der Waals surface area contributed by atoms with E-state index >= 15 is 0 Å². The van der Waals surface area contributed by atoms with Crippen LogP contribution in [0.4, 0.5) is 0 Å². The molecule has 0 amide bonds. The Balaban J connectivity index is 2.31. The molecule has 18 heavy (non-hydrogen) atoms. The van der Waals surface area contributed by atoms with Gasteiger partial charge in [-0.25, -0.2) is 0 Å². The highest BCUT2D eigenvalue weighted by molar-refractivity contribution is 6.36. The van der Waals surface area contributed by atoms with E-state index in [1.807, 2.05) is 0 Å². The minimum atomic E-state index is -0.474. The zero-order chi connectivity index (χ0) is 13.4. The van der Waals surface area contributed by atoms with Crippen LogP contribution < -0.4 is 0 Å². The fourth-order valence-corrected chi connectivity index (χ4v) is 2.03. The van der Waals surface area contributed by atoms with Gasteiger partial charge in [-0.15, -0.1) is 0 Å². The van der Waals surface area contributed by atoms with Gasteiger partial charge in [-0.2, -0.15) is 0 Å². The molecule has 0 atom stereocenters. The molecule has 4 heteroatoms. The number of hydrogen-bond acceptors (Lipinski definition) is 3. The van der Waals surface area contributed by atoms with Crippen LogP contribution in [0.5, 0.6) is 0 Å². The highest BCUT2D eigenvalue weighted by Crippen LogP contribution is 2.21. The highest BCUT2D eigenvalue weighted by Gasteiger charge is 2.27. The Morgan fingerprint density at radius 2 is 1.39 bits per heavy atom. The van der Waals surface area contributed by atoms with Gasteiger partial charge in [0, 0.05) is 19.3 Å². The van der Waals surface area contributed by atoms with Crippen molar-refractivity contribution in [2.45, 2.75) is 65.9 Å². The van der Waals surface area contributed by atoms with E-state index in [9.17, 15) is 0 Å². The molecular weight excluding hydrogens is 227 g/mol. The van der Waals surface area contributed by atoms with Crippen LogP contribution >= 0.6 is 0 Å². The smallest absolute Gasteiger partial charge is 0.386 e. The van der Waals surface area contributed by atoms with Gasteiger partial charge >= 0.3 is 7.32 Å². The predicted octanol–water partition coefficient (Wildman–Crippen LogP) is 3.67. The first kappa shape index (κ1) is 16.0. The van der Waals surface area contributed by atoms with Crippen LogP contribution in [0.15, 0.2) is 0 Å². The molecule has 0 unspecified atom stereocenters. The lowest BCUT2D eigenvalue weighted by atomic mass is 9.96. The number of hydrogen-bond donors (Lipinski definition) is 0. The van der Waals surface area contributed by atoms with Gasteiger partial charge in [-0.3, -0.25) is 0 Å². The monoisotopic (exact) mass is 256 g/mol. The lowest BCUT2D eigenvalue weighted by molar-refractivity contribution is 0.0314. The van der Waals surface area contributed by atoms with Crippen molar-refractivity contribution in [2.24, 2.45) is 11.8 Å². The van der Waals surface area contributed by atoms with Crippen LogP contribution in [0.1, 0.15) is 59.8 Å². The molecule has 0 heterocycles. The largest absolute Gasteiger partial charge is 0.639 e. The summed E-state index contributed by atoms with van der Waals surface area (Å²) < 4.78 is 17.4. The highest BCUT2D eigenvalue weighted by atomic mass is 16.7. The van der Waals surface area contributed by atoms with Gasteiger partial charge in [0.25, 0.3) is 0 Å². The summed E-state index contributed by atoms with van der Waals surface area (Å²) in [5.74, 6) is 1.01. The van der Waals surface area contributed by atoms with Crippen LogP contribution in [0.25, 0.3) is 0 Å². The SMILES string of the molecule is CC(C)COB(OCC(C)C)OC1CCCCC1. The molecule has 0 radical (unpaired) electrons. The second-order valence-electron chi connectivity index (χ2n) is 6.14. The second kappa shape index (κ2) is 8.95. The standard InChI is InChI=1S/C14H29BO3/c1-12(2)10-16-15(17-11-13(3)4)18-14-8-6-5-7-9-14/h12-14H,5-11H2,1-4H3. The van der Waals surface area contributed by atoms with E-state index in [4.69, 9.17) is 14.0 Å². The Morgan fingerprint density at radius 3 is 1.83 bits per heavy atom. The maximum absolute atomic E-state index is 5.95. The predicted molar refractivity (Wildman–Crippen MR) is 75.3 cm³/mol. The molecule has 0 aromatic rings. The van der Waals surface area contributed by atoms with Crippen LogP contribution in [-0.4, -0.2) is 26.6 Å². The zero-order valence-corrected chi connectivity index (χ0v) is 12.5. The Bertz CT molecular complexity index is 191. The van der Waals surface area contributed by atoms with Crippen molar-refractivity contribution in [3.8, 4) is 0 Å². The summed E-state index contributed by atoms with van der Waals surface area (Å²) in [6.07, 6.45) is 6.49. The summed E-state index contributed by atoms with van der Waals surface area (Å²) in [5.41, 5.74) is 0. The lowest BCUT2D eigenvalue weighted by Gasteiger charge is -2.26. The van der Waals surface area contributed by atoms with Gasteiger partial charge in [-0.1, -0.05) is 47.0 Å². The third-order valence-corrected chi connectivity index (χ3v) is 2.99. The molecule has 0 N–H and O–H groups in total. The van der Waals surface area contributed by atoms with E-state index in [-0.39, 0.29) is 0 Å². The molecule has 0 saturated heterocycles. The molecule has 1 aliphatic rings. The lowest BCUT2D eigenvalue weighted by Crippen LogP contribution is -2.35. The maximum Gasteiger partial charge on any atom is 0.639 e. The summed E-state index contributed by atoms with van der Waals surface area (Å²) in [6, 6.07) is 0. The Hall–Kier alpha value is -0.0551. The fourth-order valence-electron chi connectivity index (χ4n) is 2.03. The quantitative estimate of drug-likeness (QED) is 0.620. The second-order valence-corrected chi connectivity index (χ2v) is 6.14. The van der Waals surface area contributed by atoms with Crippen molar-refractivity contribution in [1.82, 2.24) is 0 Å². The minimum Gasteiger partial charge on any atom is -0.386 e. The van der Waals surface area contributed by atoms with Gasteiger partial charge in [0.1, 0.15) is 0 Å². The Morgan fingerprint density at radius 1 is 0.889 bits per heavy atom. The third kappa shape index (κ3) is 7.40. The van der Waals surface area contributed by atoms with Gasteiger partial charge in [0.15, 0.2) is 0 Å². The van der Waals surface area contributed by atoms with Crippen LogP contribution in [0, 0.1) is 11.8 Å². The average Bonchev–Trinajstić information content (AvgIpc) is 2.33. The van der Waals surface area contributed by atoms with Crippen LogP contribution in [0.3, 0.4) is 0 Å². The van der Waals surface area contributed by atoms with Gasteiger partial charge in [-0.05, 0) is 24.7 Å². The van der Waals surface area contributed by atoms with Crippen molar-refractivity contribution in [3.05, 3.63) is 0 Å². The maximum atomic E-state index is 5.95. The van der Waals surface area contributed by atoms with Crippen LogP contribution in [-0.2, 0) is 14.0 Å². The molecule has 106 valence electrons. The molecule has 0 spiro atoms. The first-order chi connectivity index (χ1) is 8.58. The minimum absolute atomic E-state index is 0.322. The fraction of sp³-hybridized carbons (Fsp3) is 1.00. The zero-order valence-electron chi connectivity index (χ0n) is 12.5. The van der Waals surface area contributed by atoms with Crippen molar-refractivity contribution >= 4 is 7.32 Å². The van der Waals surface area contributed by atoms with E-state index in [1.165, 1.54) is 19.3 Å². The third-order valence-electron chi connectivity index (χ3n) is 2.99. The summed E-state index contributed by atoms with van der Waals surface area (Å²) >= 11 is 0. The van der Waals surface area contributed by atoms with E-state index in [0.717, 1.165) is 12.8 Å². The first-order valence-electron chi connectivity index (χ1n) is 7.46. The Labute approximate surface area is 113 Å². The molecule has 3 nitrogen and oxygen atoms in total. The first-order valence-corrected chi connectivity index (χ1v) is 7.46. The van der Waals surface area contributed by atoms with E-state index in [0.29, 0.717) is 31.2 Å². The molecule has 1 fully saturated rings. The molecule has 0 bridgehead atoms. The van der Waals surface area contributed by atoms with Crippen LogP contribution in [0.2, 0.25) is 0 Å². The molecule has 0 aliphatic heterocycles. The van der Waals surface area contributed by atoms with Crippen molar-refractivity contribution < 1.29 is 14.0 Å². The van der Waals surface area contributed by atoms with Gasteiger partial charge in [0.2, 0.25) is 0 Å². The van der Waals surface area contributed by atoms with Crippen molar-refractivity contribution in [2.75, 3.05) is 13.2 Å². The number of rotatable bonds is 8. The average molecular weight is 256 g/mol. The molecule has 0 aromatic carbocycles. The van der Waals surface area contributed by atoms with Gasteiger partial charge in [0.05, 0.1) is 0 Å². The topological polar surface area (TPSA) is 27.7 Å². The summed E-state index contributed by atoms with van der Waals surface area (Å²) in [4.78, 5) is 0. The van der Waals surface area contributed by atoms with E-state index < -0.39 is 7.32 Å². The van der Waals surface area contributed by atoms with Gasteiger partial charge < -0.3 is 14.0 Å². The summed E-state index contributed by atoms with van der Waals surface area (Å²) in [7, 11) is -0.474. The Kier molecular flexibility index (Phi) is 7.95. The molecule has 1 rings (SSSR count). The summed E-state index contributed by atoms with van der Waals surface area (Å²) in [5, 5.41) is 0.